The zero-order chi connectivity index (χ0) is 15.4. The van der Waals surface area contributed by atoms with Gasteiger partial charge in [0.1, 0.15) is 6.04 Å². The molecule has 2 rings (SSSR count). The summed E-state index contributed by atoms with van der Waals surface area (Å²) in [6.45, 7) is 2.63. The summed E-state index contributed by atoms with van der Waals surface area (Å²) in [6, 6.07) is 7.13. The van der Waals surface area contributed by atoms with Crippen LogP contribution in [0.1, 0.15) is 18.9 Å². The summed E-state index contributed by atoms with van der Waals surface area (Å²) in [7, 11) is 1.38. The van der Waals surface area contributed by atoms with Crippen molar-refractivity contribution in [3.05, 3.63) is 34.9 Å². The fourth-order valence-corrected chi connectivity index (χ4v) is 2.89. The number of rotatable bonds is 4. The van der Waals surface area contributed by atoms with Crippen molar-refractivity contribution in [2.24, 2.45) is 0 Å². The predicted molar refractivity (Wildman–Crippen MR) is 79.9 cm³/mol. The fourth-order valence-electron chi connectivity index (χ4n) is 2.70. The van der Waals surface area contributed by atoms with Crippen LogP contribution in [0.4, 0.5) is 0 Å². The van der Waals surface area contributed by atoms with E-state index in [0.717, 1.165) is 5.56 Å². The molecule has 0 unspecified atom stereocenters. The third-order valence-electron chi connectivity index (χ3n) is 3.62. The number of hydrogen-bond donors (Lipinski definition) is 1. The Kier molecular flexibility index (Phi) is 5.20. The Morgan fingerprint density at radius 1 is 1.43 bits per heavy atom. The molecule has 0 aromatic heterocycles. The van der Waals surface area contributed by atoms with Gasteiger partial charge >= 0.3 is 5.97 Å². The first-order valence-corrected chi connectivity index (χ1v) is 7.21. The number of esters is 1. The van der Waals surface area contributed by atoms with E-state index < -0.39 is 0 Å². The number of nitrogens with zero attached hydrogens (tertiary/aromatic N) is 1. The Morgan fingerprint density at radius 3 is 2.76 bits per heavy atom. The van der Waals surface area contributed by atoms with Crippen molar-refractivity contribution in [1.29, 1.82) is 0 Å². The van der Waals surface area contributed by atoms with Crippen molar-refractivity contribution in [2.45, 2.75) is 32.0 Å². The molecule has 1 heterocycles. The number of halogens is 1. The van der Waals surface area contributed by atoms with Crippen LogP contribution in [-0.4, -0.2) is 42.5 Å². The first-order valence-electron chi connectivity index (χ1n) is 6.83. The number of carbonyl (C=O) groups excluding carboxylic acids is 2. The van der Waals surface area contributed by atoms with Gasteiger partial charge in [0.2, 0.25) is 5.91 Å². The van der Waals surface area contributed by atoms with E-state index in [1.807, 2.05) is 29.2 Å². The minimum Gasteiger partial charge on any atom is -0.468 e. The smallest absolute Gasteiger partial charge is 0.323 e. The zero-order valence-electron chi connectivity index (χ0n) is 12.1. The molecule has 1 aromatic rings. The number of amides is 1. The average Bonchev–Trinajstić information content (AvgIpc) is 2.82. The molecule has 0 saturated carbocycles. The Hall–Kier alpha value is -1.59. The Bertz CT molecular complexity index is 535. The van der Waals surface area contributed by atoms with Crippen molar-refractivity contribution in [3.63, 3.8) is 0 Å². The van der Waals surface area contributed by atoms with Gasteiger partial charge in [0.25, 0.3) is 0 Å². The van der Waals surface area contributed by atoms with E-state index in [-0.39, 0.29) is 24.0 Å². The third-order valence-corrected chi connectivity index (χ3v) is 3.98. The van der Waals surface area contributed by atoms with Gasteiger partial charge in [-0.25, -0.2) is 0 Å². The van der Waals surface area contributed by atoms with Gasteiger partial charge < -0.3 is 10.1 Å². The van der Waals surface area contributed by atoms with Crippen LogP contribution < -0.4 is 5.32 Å². The van der Waals surface area contributed by atoms with E-state index in [9.17, 15) is 9.59 Å². The van der Waals surface area contributed by atoms with Crippen molar-refractivity contribution < 1.29 is 14.3 Å². The van der Waals surface area contributed by atoms with E-state index in [4.69, 9.17) is 16.3 Å². The number of carbonyl (C=O) groups is 2. The van der Waals surface area contributed by atoms with Crippen molar-refractivity contribution >= 4 is 23.5 Å². The van der Waals surface area contributed by atoms with Crippen LogP contribution in [0.5, 0.6) is 0 Å². The molecule has 0 bridgehead atoms. The molecule has 1 amide bonds. The third kappa shape index (κ3) is 3.95. The monoisotopic (exact) mass is 310 g/mol. The van der Waals surface area contributed by atoms with E-state index in [0.29, 0.717) is 24.5 Å². The minimum absolute atomic E-state index is 0.0471. The second kappa shape index (κ2) is 6.91. The summed E-state index contributed by atoms with van der Waals surface area (Å²) in [5.41, 5.74) is 0.955. The summed E-state index contributed by atoms with van der Waals surface area (Å²) >= 11 is 6.17. The van der Waals surface area contributed by atoms with Crippen molar-refractivity contribution in [2.75, 3.05) is 13.7 Å². The van der Waals surface area contributed by atoms with Gasteiger partial charge in [-0.05, 0) is 18.1 Å². The molecule has 114 valence electrons. The lowest BCUT2D eigenvalue weighted by Crippen LogP contribution is -2.37. The second-order valence-corrected chi connectivity index (χ2v) is 5.60. The zero-order valence-corrected chi connectivity index (χ0v) is 12.9. The van der Waals surface area contributed by atoms with Crippen molar-refractivity contribution in [1.82, 2.24) is 10.2 Å². The van der Waals surface area contributed by atoms with E-state index in [1.54, 1.807) is 0 Å². The number of nitrogens with one attached hydrogen (secondary N) is 1. The molecule has 5 nitrogen and oxygen atoms in total. The van der Waals surface area contributed by atoms with E-state index in [1.165, 1.54) is 14.0 Å². The largest absolute Gasteiger partial charge is 0.468 e. The lowest BCUT2D eigenvalue weighted by molar-refractivity contribution is -0.146. The highest BCUT2D eigenvalue weighted by molar-refractivity contribution is 6.31. The summed E-state index contributed by atoms with van der Waals surface area (Å²) in [5.74, 6) is -0.377. The van der Waals surface area contributed by atoms with Crippen LogP contribution in [-0.2, 0) is 20.9 Å². The van der Waals surface area contributed by atoms with Crippen LogP contribution in [0.25, 0.3) is 0 Å². The predicted octanol–water partition coefficient (Wildman–Crippen LogP) is 1.59. The normalized spacial score (nSPS) is 22.0. The Morgan fingerprint density at radius 2 is 2.14 bits per heavy atom. The maximum Gasteiger partial charge on any atom is 0.323 e. The maximum atomic E-state index is 11.9. The maximum absolute atomic E-state index is 11.9. The standard InChI is InChI=1S/C15H19ClN2O3/c1-10(19)17-12-7-14(15(20)21-2)18(9-12)8-11-5-3-4-6-13(11)16/h3-6,12,14H,7-9H2,1-2H3,(H,17,19)/t12-,14-/m0/s1. The highest BCUT2D eigenvalue weighted by Gasteiger charge is 2.37. The molecule has 21 heavy (non-hydrogen) atoms. The van der Waals surface area contributed by atoms with Crippen LogP contribution in [0.3, 0.4) is 0 Å². The summed E-state index contributed by atoms with van der Waals surface area (Å²) in [5, 5.41) is 3.53. The molecule has 6 heteroatoms. The van der Waals surface area contributed by atoms with Gasteiger partial charge in [0.05, 0.1) is 7.11 Å². The minimum atomic E-state index is -0.358. The molecule has 1 aliphatic heterocycles. The molecule has 0 spiro atoms. The number of benzene rings is 1. The second-order valence-electron chi connectivity index (χ2n) is 5.19. The lowest BCUT2D eigenvalue weighted by atomic mass is 10.1. The van der Waals surface area contributed by atoms with Gasteiger partial charge in [-0.15, -0.1) is 0 Å². The van der Waals surface area contributed by atoms with Crippen LogP contribution in [0, 0.1) is 0 Å². The SMILES string of the molecule is COC(=O)[C@@H]1C[C@H](NC(C)=O)CN1Cc1ccccc1Cl. The molecular weight excluding hydrogens is 292 g/mol. The Labute approximate surface area is 129 Å². The quantitative estimate of drug-likeness (QED) is 0.858. The van der Waals surface area contributed by atoms with Crippen LogP contribution in [0.15, 0.2) is 24.3 Å². The van der Waals surface area contributed by atoms with Gasteiger partial charge in [-0.3, -0.25) is 14.5 Å². The molecule has 2 atom stereocenters. The molecule has 1 N–H and O–H groups in total. The fraction of sp³-hybridized carbons (Fsp3) is 0.467. The van der Waals surface area contributed by atoms with E-state index in [2.05, 4.69) is 5.32 Å². The Balaban J connectivity index is 2.12. The first-order chi connectivity index (χ1) is 10.0. The molecule has 1 fully saturated rings. The molecule has 0 radical (unpaired) electrons. The van der Waals surface area contributed by atoms with Crippen LogP contribution in [0.2, 0.25) is 5.02 Å². The molecule has 1 aliphatic rings. The van der Waals surface area contributed by atoms with E-state index >= 15 is 0 Å². The highest BCUT2D eigenvalue weighted by Crippen LogP contribution is 2.24. The number of ether oxygens (including phenoxy) is 1. The number of hydrogen-bond acceptors (Lipinski definition) is 4. The van der Waals surface area contributed by atoms with Gasteiger partial charge in [0, 0.05) is 31.1 Å². The summed E-state index contributed by atoms with van der Waals surface area (Å²) in [6.07, 6.45) is 0.552. The number of methoxy groups -OCH3 is 1. The topological polar surface area (TPSA) is 58.6 Å². The molecule has 1 aromatic carbocycles. The first kappa shape index (κ1) is 15.8. The molecular formula is C15H19ClN2O3. The van der Waals surface area contributed by atoms with Crippen LogP contribution >= 0.6 is 11.6 Å². The van der Waals surface area contributed by atoms with Gasteiger partial charge in [-0.1, -0.05) is 29.8 Å². The van der Waals surface area contributed by atoms with Crippen molar-refractivity contribution in [3.8, 4) is 0 Å². The molecule has 1 saturated heterocycles. The van der Waals surface area contributed by atoms with Gasteiger partial charge in [0.15, 0.2) is 0 Å². The van der Waals surface area contributed by atoms with Gasteiger partial charge in [-0.2, -0.15) is 0 Å². The average molecular weight is 311 g/mol. The number of likely N-dealkylation sites (tertiary alicyclic amines) is 1. The highest BCUT2D eigenvalue weighted by atomic mass is 35.5. The molecule has 0 aliphatic carbocycles. The lowest BCUT2D eigenvalue weighted by Gasteiger charge is -2.22. The summed E-state index contributed by atoms with van der Waals surface area (Å²) in [4.78, 5) is 25.1. The summed E-state index contributed by atoms with van der Waals surface area (Å²) < 4.78 is 4.86.